The fourth-order valence-corrected chi connectivity index (χ4v) is 5.85. The molecule has 2 unspecified atom stereocenters. The third-order valence-corrected chi connectivity index (χ3v) is 8.86. The van der Waals surface area contributed by atoms with Gasteiger partial charge in [-0.15, -0.1) is 0 Å². The summed E-state index contributed by atoms with van der Waals surface area (Å²) in [4.78, 5) is 64.7. The van der Waals surface area contributed by atoms with Crippen molar-refractivity contribution in [3.8, 4) is 11.4 Å². The van der Waals surface area contributed by atoms with Crippen LogP contribution in [0.2, 0.25) is 0 Å². The highest BCUT2D eigenvalue weighted by atomic mass is 31.2. The molecule has 1 aromatic heterocycles. The molecule has 0 saturated carbocycles. The highest BCUT2D eigenvalue weighted by Gasteiger charge is 2.32. The first-order chi connectivity index (χ1) is 21.1. The van der Waals surface area contributed by atoms with E-state index in [0.717, 1.165) is 19.5 Å². The van der Waals surface area contributed by atoms with Crippen LogP contribution in [-0.2, 0) is 18.6 Å². The number of hydrogen-bond acceptors (Lipinski definition) is 11. The van der Waals surface area contributed by atoms with Gasteiger partial charge in [-0.1, -0.05) is 43.7 Å². The van der Waals surface area contributed by atoms with Gasteiger partial charge in [-0.3, -0.25) is 9.36 Å². The number of anilines is 1. The molecule has 1 aromatic carbocycles. The van der Waals surface area contributed by atoms with E-state index >= 15 is 0 Å². The molecule has 0 radical (unpaired) electrons. The summed E-state index contributed by atoms with van der Waals surface area (Å²) in [6.45, 7) is 6.90. The Bertz CT molecular complexity index is 1320. The van der Waals surface area contributed by atoms with E-state index in [1.54, 1.807) is 6.07 Å². The van der Waals surface area contributed by atoms with Gasteiger partial charge in [0.15, 0.2) is 5.82 Å². The number of rotatable bonds is 12. The molecule has 240 valence electrons. The average Bonchev–Trinajstić information content (AvgIpc) is 3.04. The zero-order valence-corrected chi connectivity index (χ0v) is 26.2. The topological polar surface area (TPSA) is 167 Å². The lowest BCUT2D eigenvalue weighted by atomic mass is 10.2. The number of unbranched alkanes of at least 4 members (excludes halogenated alkanes) is 1. The van der Waals surface area contributed by atoms with Gasteiger partial charge in [0.1, 0.15) is 17.6 Å². The summed E-state index contributed by atoms with van der Waals surface area (Å²) in [5, 5.41) is 5.71. The van der Waals surface area contributed by atoms with Crippen molar-refractivity contribution in [3.05, 3.63) is 42.1 Å². The molecule has 2 saturated heterocycles. The van der Waals surface area contributed by atoms with E-state index in [1.165, 1.54) is 4.90 Å². The van der Waals surface area contributed by atoms with Crippen LogP contribution in [0.15, 0.2) is 36.4 Å². The van der Waals surface area contributed by atoms with E-state index in [-0.39, 0.29) is 18.7 Å². The standard InChI is InChI=1S/C29H42N7O7P/c1-3-4-19-42-44(40,41)20-10-23(28(38)43-29(39)36-13-11-30-12-14-36)32-27(37)24-21-25(35-17-15-34(2)16-18-35)33-26(31-24)22-8-6-5-7-9-22/h5-9,21,23,30H,3-4,10-20H2,1-2H3,(H,32,37)(H,40,41). The number of aromatic nitrogens is 2. The molecule has 3 heterocycles. The van der Waals surface area contributed by atoms with Crippen LogP contribution in [0.3, 0.4) is 0 Å². The number of benzene rings is 1. The summed E-state index contributed by atoms with van der Waals surface area (Å²) in [7, 11) is -2.03. The predicted molar refractivity (Wildman–Crippen MR) is 165 cm³/mol. The van der Waals surface area contributed by atoms with Crippen molar-refractivity contribution >= 4 is 31.4 Å². The van der Waals surface area contributed by atoms with Gasteiger partial charge >= 0.3 is 19.7 Å². The molecule has 3 N–H and O–H groups in total. The average molecular weight is 632 g/mol. The number of likely N-dealkylation sites (N-methyl/N-ethyl adjacent to an activating group) is 1. The minimum atomic E-state index is -4.07. The second-order valence-electron chi connectivity index (χ2n) is 10.9. The Labute approximate surface area is 257 Å². The van der Waals surface area contributed by atoms with Gasteiger partial charge < -0.3 is 39.5 Å². The molecule has 0 spiro atoms. The fraction of sp³-hybridized carbons (Fsp3) is 0.552. The minimum absolute atomic E-state index is 0.00499. The first-order valence-corrected chi connectivity index (χ1v) is 16.8. The fourth-order valence-electron chi connectivity index (χ4n) is 4.72. The van der Waals surface area contributed by atoms with E-state index in [1.807, 2.05) is 44.3 Å². The third kappa shape index (κ3) is 9.80. The second-order valence-corrected chi connectivity index (χ2v) is 12.9. The van der Waals surface area contributed by atoms with E-state index < -0.39 is 37.8 Å². The Kier molecular flexibility index (Phi) is 12.2. The van der Waals surface area contributed by atoms with Crippen LogP contribution in [0.1, 0.15) is 36.7 Å². The maximum Gasteiger partial charge on any atom is 0.417 e. The molecule has 44 heavy (non-hydrogen) atoms. The van der Waals surface area contributed by atoms with Crippen molar-refractivity contribution in [3.63, 3.8) is 0 Å². The van der Waals surface area contributed by atoms with Crippen molar-refractivity contribution in [1.29, 1.82) is 0 Å². The number of carbonyl (C=O) groups is 3. The SMILES string of the molecule is CCCCOP(=O)(O)CCC(NC(=O)c1cc(N2CCN(C)CC2)nc(-c2ccccc2)n1)C(=O)OC(=O)N1CCNCC1. The summed E-state index contributed by atoms with van der Waals surface area (Å²) in [5.74, 6) is -0.845. The molecule has 0 bridgehead atoms. The zero-order chi connectivity index (χ0) is 31.5. The molecule has 4 rings (SSSR count). The minimum Gasteiger partial charge on any atom is -0.375 e. The van der Waals surface area contributed by atoms with Crippen LogP contribution in [-0.4, -0.2) is 121 Å². The van der Waals surface area contributed by atoms with Crippen LogP contribution in [0.4, 0.5) is 10.6 Å². The molecule has 15 heteroatoms. The molecule has 2 aromatic rings. The highest BCUT2D eigenvalue weighted by molar-refractivity contribution is 7.52. The van der Waals surface area contributed by atoms with E-state index in [4.69, 9.17) is 14.2 Å². The van der Waals surface area contributed by atoms with Crippen LogP contribution < -0.4 is 15.5 Å². The number of carbonyl (C=O) groups excluding carboxylic acids is 3. The predicted octanol–water partition coefficient (Wildman–Crippen LogP) is 1.95. The lowest BCUT2D eigenvalue weighted by Crippen LogP contribution is -2.49. The largest absolute Gasteiger partial charge is 0.417 e. The summed E-state index contributed by atoms with van der Waals surface area (Å²) < 4.78 is 22.9. The Morgan fingerprint density at radius 3 is 2.45 bits per heavy atom. The van der Waals surface area contributed by atoms with E-state index in [9.17, 15) is 23.8 Å². The monoisotopic (exact) mass is 631 g/mol. The zero-order valence-electron chi connectivity index (χ0n) is 25.3. The van der Waals surface area contributed by atoms with Crippen LogP contribution in [0, 0.1) is 0 Å². The van der Waals surface area contributed by atoms with E-state index in [0.29, 0.717) is 62.9 Å². The lowest BCUT2D eigenvalue weighted by Gasteiger charge is -2.33. The van der Waals surface area contributed by atoms with Gasteiger partial charge in [-0.05, 0) is 19.9 Å². The van der Waals surface area contributed by atoms with Gasteiger partial charge in [-0.2, -0.15) is 0 Å². The van der Waals surface area contributed by atoms with Crippen molar-refractivity contribution in [1.82, 2.24) is 30.4 Å². The third-order valence-electron chi connectivity index (χ3n) is 7.45. The van der Waals surface area contributed by atoms with Gasteiger partial charge in [0, 0.05) is 64.0 Å². The van der Waals surface area contributed by atoms with Crippen molar-refractivity contribution in [2.45, 2.75) is 32.2 Å². The molecule has 2 aliphatic rings. The lowest BCUT2D eigenvalue weighted by molar-refractivity contribution is -0.140. The van der Waals surface area contributed by atoms with Gasteiger partial charge in [0.2, 0.25) is 0 Å². The molecule has 14 nitrogen and oxygen atoms in total. The maximum absolute atomic E-state index is 13.7. The van der Waals surface area contributed by atoms with E-state index in [2.05, 4.69) is 25.4 Å². The first-order valence-electron chi connectivity index (χ1n) is 15.0. The van der Waals surface area contributed by atoms with Crippen LogP contribution in [0.25, 0.3) is 11.4 Å². The molecule has 2 aliphatic heterocycles. The molecule has 0 aliphatic carbocycles. The molecule has 2 amide bonds. The smallest absolute Gasteiger partial charge is 0.375 e. The van der Waals surface area contributed by atoms with Crippen LogP contribution in [0.5, 0.6) is 0 Å². The van der Waals surface area contributed by atoms with Gasteiger partial charge in [0.05, 0.1) is 12.8 Å². The number of nitrogens with one attached hydrogen (secondary N) is 2. The number of nitrogens with zero attached hydrogens (tertiary/aromatic N) is 5. The van der Waals surface area contributed by atoms with Gasteiger partial charge in [0.25, 0.3) is 5.91 Å². The van der Waals surface area contributed by atoms with Gasteiger partial charge in [-0.25, -0.2) is 19.6 Å². The summed E-state index contributed by atoms with van der Waals surface area (Å²) in [5.41, 5.74) is 0.714. The summed E-state index contributed by atoms with van der Waals surface area (Å²) in [6.07, 6.45) is -0.184. The highest BCUT2D eigenvalue weighted by Crippen LogP contribution is 2.43. The quantitative estimate of drug-likeness (QED) is 0.135. The number of piperazine rings is 2. The molecular formula is C29H42N7O7P. The maximum atomic E-state index is 13.7. The van der Waals surface area contributed by atoms with Crippen molar-refractivity contribution < 1.29 is 33.1 Å². The normalized spacial score (nSPS) is 17.9. The molecule has 2 fully saturated rings. The Balaban J connectivity index is 1.56. The van der Waals surface area contributed by atoms with Crippen molar-refractivity contribution in [2.75, 3.05) is 77.1 Å². The molecular weight excluding hydrogens is 589 g/mol. The van der Waals surface area contributed by atoms with Crippen molar-refractivity contribution in [2.24, 2.45) is 0 Å². The summed E-state index contributed by atoms with van der Waals surface area (Å²) in [6, 6.07) is 9.38. The number of ether oxygens (including phenoxy) is 1. The molecule has 2 atom stereocenters. The number of esters is 1. The second kappa shape index (κ2) is 16.1. The Hall–Kier alpha value is -3.42. The number of amides is 2. The number of hydrogen-bond donors (Lipinski definition) is 3. The first kappa shape index (κ1) is 33.5. The Morgan fingerprint density at radius 1 is 1.07 bits per heavy atom. The summed E-state index contributed by atoms with van der Waals surface area (Å²) >= 11 is 0. The Morgan fingerprint density at radius 2 is 1.77 bits per heavy atom. The van der Waals surface area contributed by atoms with Crippen LogP contribution >= 0.6 is 7.60 Å².